The van der Waals surface area contributed by atoms with Crippen LogP contribution in [0.25, 0.3) is 0 Å². The van der Waals surface area contributed by atoms with E-state index < -0.39 is 48.3 Å². The highest BCUT2D eigenvalue weighted by molar-refractivity contribution is 7.80. The summed E-state index contributed by atoms with van der Waals surface area (Å²) in [5.41, 5.74) is 5.30. The molecule has 0 aliphatic carbocycles. The van der Waals surface area contributed by atoms with Gasteiger partial charge in [-0.15, -0.1) is 0 Å². The minimum atomic E-state index is -1.24. The Labute approximate surface area is 156 Å². The number of carboxylic acid groups (broad SMARTS) is 1. The van der Waals surface area contributed by atoms with Gasteiger partial charge in [0.15, 0.2) is 0 Å². The van der Waals surface area contributed by atoms with Gasteiger partial charge in [0, 0.05) is 19.1 Å². The average molecular weight is 391 g/mol. The molecule has 2 unspecified atom stereocenters. The number of nitrogens with zero attached hydrogens (tertiary/aromatic N) is 1. The number of carbonyl (C=O) groups excluding carboxylic acids is 4. The summed E-state index contributed by atoms with van der Waals surface area (Å²) < 4.78 is 4.84. The molecule has 0 saturated carbocycles. The third-order valence-corrected chi connectivity index (χ3v) is 3.58. The maximum absolute atomic E-state index is 12.4. The predicted octanol–water partition coefficient (Wildman–Crippen LogP) is -1.08. The molecular weight excluding hydrogens is 366 g/mol. The van der Waals surface area contributed by atoms with Crippen LogP contribution in [0.5, 0.6) is 0 Å². The highest BCUT2D eigenvalue weighted by Gasteiger charge is 2.29. The molecule has 10 nitrogen and oxygen atoms in total. The van der Waals surface area contributed by atoms with E-state index in [4.69, 9.17) is 15.6 Å². The molecule has 0 saturated heterocycles. The minimum Gasteiger partial charge on any atom is -0.480 e. The Kier molecular flexibility index (Phi) is 11.2. The van der Waals surface area contributed by atoms with Crippen molar-refractivity contribution in [2.24, 2.45) is 5.73 Å². The van der Waals surface area contributed by atoms with Crippen LogP contribution in [-0.4, -0.2) is 70.7 Å². The molecule has 3 amide bonds. The van der Waals surface area contributed by atoms with E-state index in [0.29, 0.717) is 11.3 Å². The quantitative estimate of drug-likeness (QED) is 0.256. The zero-order valence-corrected chi connectivity index (χ0v) is 15.7. The molecule has 0 aromatic carbocycles. The Morgan fingerprint density at radius 1 is 1.27 bits per heavy atom. The first kappa shape index (κ1) is 23.9. The monoisotopic (exact) mass is 391 g/mol. The highest BCUT2D eigenvalue weighted by Crippen LogP contribution is 2.03. The summed E-state index contributed by atoms with van der Waals surface area (Å²) in [6, 6.07) is -2.36. The van der Waals surface area contributed by atoms with E-state index in [2.05, 4.69) is 17.9 Å². The molecule has 0 aromatic rings. The van der Waals surface area contributed by atoms with Gasteiger partial charge in [-0.3, -0.25) is 28.9 Å². The summed E-state index contributed by atoms with van der Waals surface area (Å²) in [5, 5.41) is 11.0. The molecule has 0 radical (unpaired) electrons. The topological polar surface area (TPSA) is 156 Å². The number of carbonyl (C=O) groups is 5. The summed E-state index contributed by atoms with van der Waals surface area (Å²) in [4.78, 5) is 58.9. The van der Waals surface area contributed by atoms with Crippen LogP contribution in [0.4, 0.5) is 0 Å². The Morgan fingerprint density at radius 3 is 2.35 bits per heavy atom. The molecular formula is C15H25N3O7S. The lowest BCUT2D eigenvalue weighted by atomic mass is 10.1. The van der Waals surface area contributed by atoms with Crippen LogP contribution in [0.1, 0.15) is 33.1 Å². The van der Waals surface area contributed by atoms with Crippen molar-refractivity contribution in [3.63, 3.8) is 0 Å². The fourth-order valence-corrected chi connectivity index (χ4v) is 2.03. The Hall–Kier alpha value is -2.14. The van der Waals surface area contributed by atoms with Gasteiger partial charge in [0.25, 0.3) is 5.91 Å². The number of aliphatic carboxylic acids is 1. The molecule has 0 bridgehead atoms. The minimum absolute atomic E-state index is 0.117. The number of amides is 3. The molecule has 0 heterocycles. The van der Waals surface area contributed by atoms with Gasteiger partial charge in [0.05, 0.1) is 6.61 Å². The summed E-state index contributed by atoms with van der Waals surface area (Å²) >= 11 is 3.97. The molecule has 26 heavy (non-hydrogen) atoms. The fourth-order valence-electron chi connectivity index (χ4n) is 1.79. The molecule has 0 spiro atoms. The van der Waals surface area contributed by atoms with Gasteiger partial charge < -0.3 is 20.9 Å². The van der Waals surface area contributed by atoms with E-state index in [-0.39, 0.29) is 25.2 Å². The first-order valence-electron chi connectivity index (χ1n) is 8.00. The zero-order chi connectivity index (χ0) is 20.3. The number of esters is 1. The number of hydrogen-bond acceptors (Lipinski definition) is 8. The fraction of sp³-hybridized carbons (Fsp3) is 0.667. The van der Waals surface area contributed by atoms with Crippen LogP contribution in [0.3, 0.4) is 0 Å². The van der Waals surface area contributed by atoms with Crippen molar-refractivity contribution in [1.29, 1.82) is 0 Å². The summed E-state index contributed by atoms with van der Waals surface area (Å²) in [6.45, 7) is 2.49. The molecule has 4 N–H and O–H groups in total. The van der Waals surface area contributed by atoms with Crippen molar-refractivity contribution in [1.82, 2.24) is 10.2 Å². The largest absolute Gasteiger partial charge is 0.480 e. The smallest absolute Gasteiger partial charge is 0.326 e. The lowest BCUT2D eigenvalue weighted by Gasteiger charge is -2.24. The number of imide groups is 1. The second-order valence-electron chi connectivity index (χ2n) is 5.45. The van der Waals surface area contributed by atoms with E-state index in [9.17, 15) is 24.0 Å². The van der Waals surface area contributed by atoms with E-state index >= 15 is 0 Å². The first-order valence-corrected chi connectivity index (χ1v) is 8.63. The van der Waals surface area contributed by atoms with Gasteiger partial charge >= 0.3 is 11.9 Å². The van der Waals surface area contributed by atoms with Crippen molar-refractivity contribution in [3.05, 3.63) is 0 Å². The first-order chi connectivity index (χ1) is 12.1. The molecule has 0 aromatic heterocycles. The Bertz CT molecular complexity index is 541. The van der Waals surface area contributed by atoms with E-state index in [0.717, 1.165) is 6.92 Å². The van der Waals surface area contributed by atoms with E-state index in [1.807, 2.05) is 0 Å². The van der Waals surface area contributed by atoms with E-state index in [1.54, 1.807) is 6.92 Å². The predicted molar refractivity (Wildman–Crippen MR) is 94.3 cm³/mol. The number of thiol groups is 1. The lowest BCUT2D eigenvalue weighted by molar-refractivity contribution is -0.155. The van der Waals surface area contributed by atoms with Gasteiger partial charge in [-0.1, -0.05) is 6.92 Å². The Balaban J connectivity index is 4.83. The third-order valence-electron chi connectivity index (χ3n) is 3.22. The van der Waals surface area contributed by atoms with Crippen LogP contribution in [0, 0.1) is 0 Å². The molecule has 0 aliphatic rings. The summed E-state index contributed by atoms with van der Waals surface area (Å²) in [5.74, 6) is -4.22. The van der Waals surface area contributed by atoms with Crippen LogP contribution in [-0.2, 0) is 28.7 Å². The van der Waals surface area contributed by atoms with Crippen molar-refractivity contribution >= 4 is 42.3 Å². The zero-order valence-electron chi connectivity index (χ0n) is 14.8. The normalized spacial score (nSPS) is 12.6. The molecule has 0 rings (SSSR count). The molecule has 0 aliphatic heterocycles. The lowest BCUT2D eigenvalue weighted by Crippen LogP contribution is -2.52. The van der Waals surface area contributed by atoms with Crippen LogP contribution >= 0.6 is 12.6 Å². The van der Waals surface area contributed by atoms with Crippen molar-refractivity contribution < 1.29 is 33.8 Å². The number of hydrogen-bond donors (Lipinski definition) is 4. The summed E-state index contributed by atoms with van der Waals surface area (Å²) in [6.07, 6.45) is 0.256. The average Bonchev–Trinajstić information content (AvgIpc) is 2.59. The summed E-state index contributed by atoms with van der Waals surface area (Å²) in [7, 11) is 0. The van der Waals surface area contributed by atoms with Crippen LogP contribution in [0.15, 0.2) is 0 Å². The number of ether oxygens (including phenoxy) is 1. The number of rotatable bonds is 11. The van der Waals surface area contributed by atoms with Gasteiger partial charge in [-0.25, -0.2) is 0 Å². The second-order valence-corrected chi connectivity index (χ2v) is 5.82. The molecule has 148 valence electrons. The van der Waals surface area contributed by atoms with Crippen molar-refractivity contribution in [2.45, 2.75) is 45.2 Å². The standard InChI is InChI=1S/C15H25N3O7S/c1-3-6-25-13(21)7-18(9(2)19)14(22)11(8-26)17-12(20)5-4-10(16)15(23)24/h10-11,26H,3-8,16H2,1-2H3,(H,17,20)(H,23,24). The number of carboxylic acids is 1. The van der Waals surface area contributed by atoms with Crippen molar-refractivity contribution in [2.75, 3.05) is 18.9 Å². The van der Waals surface area contributed by atoms with Gasteiger partial charge in [-0.2, -0.15) is 12.6 Å². The third kappa shape index (κ3) is 8.81. The van der Waals surface area contributed by atoms with Gasteiger partial charge in [0.2, 0.25) is 11.8 Å². The van der Waals surface area contributed by atoms with Crippen molar-refractivity contribution in [3.8, 4) is 0 Å². The highest BCUT2D eigenvalue weighted by atomic mass is 32.1. The molecule has 11 heteroatoms. The maximum atomic E-state index is 12.4. The Morgan fingerprint density at radius 2 is 1.88 bits per heavy atom. The van der Waals surface area contributed by atoms with E-state index in [1.165, 1.54) is 0 Å². The van der Waals surface area contributed by atoms with Crippen LogP contribution < -0.4 is 11.1 Å². The molecule has 0 fully saturated rings. The van der Waals surface area contributed by atoms with Crippen LogP contribution in [0.2, 0.25) is 0 Å². The SMILES string of the molecule is CCCOC(=O)CN(C(C)=O)C(=O)C(CS)NC(=O)CCC(N)C(=O)O. The van der Waals surface area contributed by atoms with Gasteiger partial charge in [-0.05, 0) is 12.8 Å². The second kappa shape index (κ2) is 12.3. The number of nitrogens with one attached hydrogen (secondary N) is 1. The number of nitrogens with two attached hydrogens (primary N) is 1. The maximum Gasteiger partial charge on any atom is 0.326 e. The van der Waals surface area contributed by atoms with Gasteiger partial charge in [0.1, 0.15) is 18.6 Å². The molecule has 2 atom stereocenters.